The Morgan fingerprint density at radius 2 is 2.07 bits per heavy atom. The van der Waals surface area contributed by atoms with Gasteiger partial charge in [-0.05, 0) is 30.4 Å². The van der Waals surface area contributed by atoms with Crippen LogP contribution < -0.4 is 9.97 Å². The molecule has 7 heteroatoms. The van der Waals surface area contributed by atoms with E-state index in [9.17, 15) is 14.6 Å². The molecule has 0 spiro atoms. The van der Waals surface area contributed by atoms with Crippen LogP contribution in [0.2, 0.25) is 0 Å². The lowest BCUT2D eigenvalue weighted by molar-refractivity contribution is -0.121. The average molecular weight is 375 g/mol. The van der Waals surface area contributed by atoms with Crippen LogP contribution in [-0.2, 0) is 16.0 Å². The lowest BCUT2D eigenvalue weighted by Crippen LogP contribution is -2.53. The summed E-state index contributed by atoms with van der Waals surface area (Å²) in [6.07, 6.45) is 4.47. The van der Waals surface area contributed by atoms with Crippen molar-refractivity contribution in [1.82, 2.24) is 5.32 Å². The van der Waals surface area contributed by atoms with Crippen LogP contribution in [0.5, 0.6) is 5.75 Å². The van der Waals surface area contributed by atoms with E-state index in [0.717, 1.165) is 31.2 Å². The van der Waals surface area contributed by atoms with Crippen molar-refractivity contribution in [3.8, 4) is 5.75 Å². The zero-order valence-corrected chi connectivity index (χ0v) is 16.5. The van der Waals surface area contributed by atoms with Gasteiger partial charge < -0.3 is 19.7 Å². The molecule has 0 saturated heterocycles. The van der Waals surface area contributed by atoms with Crippen LogP contribution in [0.15, 0.2) is 18.2 Å². The number of rotatable bonds is 9. The molecule has 1 aliphatic heterocycles. The van der Waals surface area contributed by atoms with Gasteiger partial charge >= 0.3 is 13.1 Å². The zero-order valence-electron chi connectivity index (χ0n) is 16.5. The lowest BCUT2D eigenvalue weighted by atomic mass is 9.72. The third kappa shape index (κ3) is 5.73. The van der Waals surface area contributed by atoms with E-state index < -0.39 is 19.0 Å². The van der Waals surface area contributed by atoms with Gasteiger partial charge in [0.2, 0.25) is 5.91 Å². The minimum Gasteiger partial charge on any atom is -0.534 e. The smallest absolute Gasteiger partial charge is 0.534 e. The van der Waals surface area contributed by atoms with Gasteiger partial charge in [0.25, 0.3) is 0 Å². The van der Waals surface area contributed by atoms with E-state index in [0.29, 0.717) is 36.7 Å². The SMILES string of the molecule is CCCCC(=O)N[C@H]1Cc2cccc(C(=O)OCC(CC)CC)c2OB1O. The number of nitrogens with one attached hydrogen (secondary N) is 1. The van der Waals surface area contributed by atoms with Gasteiger partial charge in [0, 0.05) is 6.42 Å². The zero-order chi connectivity index (χ0) is 19.8. The molecular weight excluding hydrogens is 345 g/mol. The molecule has 0 aromatic heterocycles. The maximum atomic E-state index is 12.5. The summed E-state index contributed by atoms with van der Waals surface area (Å²) in [4.78, 5) is 24.4. The van der Waals surface area contributed by atoms with E-state index in [1.54, 1.807) is 12.1 Å². The number of unbranched alkanes of at least 4 members (excludes halogenated alkanes) is 1. The summed E-state index contributed by atoms with van der Waals surface area (Å²) in [5.74, 6) is -0.399. The number of amides is 1. The molecule has 148 valence electrons. The summed E-state index contributed by atoms with van der Waals surface area (Å²) in [6.45, 7) is 6.53. The summed E-state index contributed by atoms with van der Waals surface area (Å²) >= 11 is 0. The van der Waals surface area contributed by atoms with Crippen LogP contribution in [0.25, 0.3) is 0 Å². The Balaban J connectivity index is 2.07. The second kappa shape index (κ2) is 10.4. The number of fused-ring (bicyclic) bond motifs is 1. The molecule has 0 radical (unpaired) electrons. The highest BCUT2D eigenvalue weighted by Gasteiger charge is 2.37. The van der Waals surface area contributed by atoms with Crippen LogP contribution in [-0.4, -0.2) is 36.6 Å². The van der Waals surface area contributed by atoms with Gasteiger partial charge in [-0.2, -0.15) is 0 Å². The first-order valence-corrected chi connectivity index (χ1v) is 9.93. The predicted octanol–water partition coefficient (Wildman–Crippen LogP) is 2.91. The van der Waals surface area contributed by atoms with Crippen LogP contribution in [0.1, 0.15) is 68.8 Å². The van der Waals surface area contributed by atoms with E-state index in [2.05, 4.69) is 19.2 Å². The molecule has 0 aliphatic carbocycles. The molecule has 0 bridgehead atoms. The molecule has 0 saturated carbocycles. The monoisotopic (exact) mass is 375 g/mol. The van der Waals surface area contributed by atoms with Gasteiger partial charge in [-0.1, -0.05) is 52.2 Å². The fraction of sp³-hybridized carbons (Fsp3) is 0.600. The number of carbonyl (C=O) groups excluding carboxylic acids is 2. The molecule has 2 rings (SSSR count). The third-order valence-corrected chi connectivity index (χ3v) is 5.05. The van der Waals surface area contributed by atoms with Crippen molar-refractivity contribution < 1.29 is 24.0 Å². The van der Waals surface area contributed by atoms with E-state index in [1.165, 1.54) is 0 Å². The fourth-order valence-corrected chi connectivity index (χ4v) is 3.12. The van der Waals surface area contributed by atoms with Crippen molar-refractivity contribution >= 4 is 19.0 Å². The van der Waals surface area contributed by atoms with Gasteiger partial charge in [-0.15, -0.1) is 0 Å². The number of para-hydroxylation sites is 1. The number of hydrogen-bond donors (Lipinski definition) is 2. The number of hydrogen-bond acceptors (Lipinski definition) is 5. The highest BCUT2D eigenvalue weighted by atomic mass is 16.5. The molecular formula is C20H30BNO5. The lowest BCUT2D eigenvalue weighted by Gasteiger charge is -2.29. The molecule has 1 aromatic rings. The first kappa shape index (κ1) is 21.3. The summed E-state index contributed by atoms with van der Waals surface area (Å²) in [7, 11) is -1.20. The van der Waals surface area contributed by atoms with Gasteiger partial charge in [0.1, 0.15) is 11.3 Å². The van der Waals surface area contributed by atoms with Crippen molar-refractivity contribution in [2.24, 2.45) is 5.92 Å². The normalized spacial score (nSPS) is 15.9. The van der Waals surface area contributed by atoms with E-state index in [4.69, 9.17) is 9.39 Å². The number of benzene rings is 1. The Labute approximate surface area is 161 Å². The van der Waals surface area contributed by atoms with Crippen LogP contribution in [0.3, 0.4) is 0 Å². The van der Waals surface area contributed by atoms with Gasteiger partial charge in [-0.3, -0.25) is 4.79 Å². The highest BCUT2D eigenvalue weighted by Crippen LogP contribution is 2.31. The van der Waals surface area contributed by atoms with Crippen LogP contribution >= 0.6 is 0 Å². The molecule has 1 atom stereocenters. The molecule has 6 nitrogen and oxygen atoms in total. The minimum absolute atomic E-state index is 0.103. The Bertz CT molecular complexity index is 647. The Hall–Kier alpha value is -2.02. The number of ether oxygens (including phenoxy) is 1. The van der Waals surface area contributed by atoms with E-state index >= 15 is 0 Å². The van der Waals surface area contributed by atoms with Crippen LogP contribution in [0, 0.1) is 5.92 Å². The second-order valence-corrected chi connectivity index (χ2v) is 7.06. The molecule has 1 amide bonds. The third-order valence-electron chi connectivity index (χ3n) is 5.05. The maximum Gasteiger partial charge on any atom is 0.547 e. The number of esters is 1. The van der Waals surface area contributed by atoms with Gasteiger partial charge in [0.05, 0.1) is 12.5 Å². The quantitative estimate of drug-likeness (QED) is 0.512. The second-order valence-electron chi connectivity index (χ2n) is 7.06. The van der Waals surface area contributed by atoms with Crippen molar-refractivity contribution in [2.45, 2.75) is 65.2 Å². The molecule has 0 unspecified atom stereocenters. The first-order valence-electron chi connectivity index (χ1n) is 9.93. The molecule has 1 heterocycles. The Morgan fingerprint density at radius 1 is 1.33 bits per heavy atom. The Morgan fingerprint density at radius 3 is 2.74 bits per heavy atom. The van der Waals surface area contributed by atoms with E-state index in [1.807, 2.05) is 13.0 Å². The average Bonchev–Trinajstić information content (AvgIpc) is 2.67. The van der Waals surface area contributed by atoms with Crippen molar-refractivity contribution in [3.05, 3.63) is 29.3 Å². The van der Waals surface area contributed by atoms with Crippen molar-refractivity contribution in [2.75, 3.05) is 6.61 Å². The first-order chi connectivity index (χ1) is 13.0. The highest BCUT2D eigenvalue weighted by molar-refractivity contribution is 6.47. The fourth-order valence-electron chi connectivity index (χ4n) is 3.12. The summed E-state index contributed by atoms with van der Waals surface area (Å²) in [5.41, 5.74) is 1.09. The molecule has 0 fully saturated rings. The van der Waals surface area contributed by atoms with Crippen molar-refractivity contribution in [1.29, 1.82) is 0 Å². The topological polar surface area (TPSA) is 84.9 Å². The Kier molecular flexibility index (Phi) is 8.16. The standard InChI is InChI=1S/C20H30BNO5/c1-4-7-11-18(23)22-17-12-15-9-8-10-16(19(15)27-21(17)25)20(24)26-13-14(5-2)6-3/h8-10,14,17,25H,4-7,11-13H2,1-3H3,(H,22,23)/t17-/m0/s1. The van der Waals surface area contributed by atoms with Crippen LogP contribution in [0.4, 0.5) is 0 Å². The molecule has 27 heavy (non-hydrogen) atoms. The predicted molar refractivity (Wildman–Crippen MR) is 105 cm³/mol. The number of carbonyl (C=O) groups is 2. The summed E-state index contributed by atoms with van der Waals surface area (Å²) in [6, 6.07) is 5.24. The molecule has 1 aromatic carbocycles. The molecule has 1 aliphatic rings. The minimum atomic E-state index is -1.20. The molecule has 2 N–H and O–H groups in total. The van der Waals surface area contributed by atoms with Gasteiger partial charge in [-0.25, -0.2) is 4.79 Å². The van der Waals surface area contributed by atoms with Gasteiger partial charge in [0.15, 0.2) is 0 Å². The largest absolute Gasteiger partial charge is 0.547 e. The summed E-state index contributed by atoms with van der Waals surface area (Å²) < 4.78 is 11.0. The van der Waals surface area contributed by atoms with Crippen molar-refractivity contribution in [3.63, 3.8) is 0 Å². The van der Waals surface area contributed by atoms with E-state index in [-0.39, 0.29) is 5.91 Å². The maximum absolute atomic E-state index is 12.5. The summed E-state index contributed by atoms with van der Waals surface area (Å²) in [5, 5.41) is 13.1.